The van der Waals surface area contributed by atoms with E-state index in [2.05, 4.69) is 17.3 Å². The number of rotatable bonds is 9. The van der Waals surface area contributed by atoms with E-state index in [0.717, 1.165) is 6.54 Å². The summed E-state index contributed by atoms with van der Waals surface area (Å²) >= 11 is 6.15. The molecular formula is C19H30ClN3O3S. The zero-order valence-electron chi connectivity index (χ0n) is 16.4. The fraction of sp³-hybridized carbons (Fsp3) is 0.632. The van der Waals surface area contributed by atoms with E-state index in [0.29, 0.717) is 25.7 Å². The molecule has 152 valence electrons. The van der Waals surface area contributed by atoms with Crippen LogP contribution in [0.4, 0.5) is 0 Å². The van der Waals surface area contributed by atoms with E-state index < -0.39 is 10.0 Å². The van der Waals surface area contributed by atoms with Crippen molar-refractivity contribution in [1.29, 1.82) is 0 Å². The molecule has 27 heavy (non-hydrogen) atoms. The third-order valence-electron chi connectivity index (χ3n) is 5.22. The fourth-order valence-corrected chi connectivity index (χ4v) is 5.21. The topological polar surface area (TPSA) is 69.7 Å². The van der Waals surface area contributed by atoms with Crippen molar-refractivity contribution >= 4 is 27.5 Å². The summed E-state index contributed by atoms with van der Waals surface area (Å²) in [6.45, 7) is 5.56. The van der Waals surface area contributed by atoms with Crippen molar-refractivity contribution in [1.82, 2.24) is 14.5 Å². The number of likely N-dealkylation sites (N-methyl/N-ethyl adjacent to an activating group) is 1. The van der Waals surface area contributed by atoms with Crippen molar-refractivity contribution in [2.45, 2.75) is 50.5 Å². The second-order valence-corrected chi connectivity index (χ2v) is 9.25. The van der Waals surface area contributed by atoms with Crippen molar-refractivity contribution < 1.29 is 13.2 Å². The van der Waals surface area contributed by atoms with Gasteiger partial charge in [-0.2, -0.15) is 4.31 Å². The highest BCUT2D eigenvalue weighted by atomic mass is 35.5. The van der Waals surface area contributed by atoms with Gasteiger partial charge in [-0.15, -0.1) is 0 Å². The second kappa shape index (κ2) is 9.87. The van der Waals surface area contributed by atoms with Crippen LogP contribution in [-0.2, 0) is 10.0 Å². The minimum absolute atomic E-state index is 0.0869. The first kappa shape index (κ1) is 22.1. The number of sulfonamides is 1. The van der Waals surface area contributed by atoms with Gasteiger partial charge in [0, 0.05) is 32.2 Å². The molecule has 0 spiro atoms. The molecule has 6 nitrogen and oxygen atoms in total. The Balaban J connectivity index is 2.05. The molecule has 0 radical (unpaired) electrons. The third kappa shape index (κ3) is 5.44. The lowest BCUT2D eigenvalue weighted by atomic mass is 10.2. The Labute approximate surface area is 167 Å². The number of hydrogen-bond donors (Lipinski definition) is 1. The lowest BCUT2D eigenvalue weighted by Crippen LogP contribution is -2.37. The van der Waals surface area contributed by atoms with Crippen molar-refractivity contribution in [3.05, 3.63) is 28.8 Å². The minimum Gasteiger partial charge on any atom is -0.351 e. The first-order valence-electron chi connectivity index (χ1n) is 9.59. The summed E-state index contributed by atoms with van der Waals surface area (Å²) < 4.78 is 26.7. The SMILES string of the molecule is CCN(CC)S(=O)(=O)c1ccc(Cl)c(C(=O)NCCN(C)C2CCCC2)c1. The molecule has 1 amide bonds. The second-order valence-electron chi connectivity index (χ2n) is 6.91. The smallest absolute Gasteiger partial charge is 0.252 e. The molecule has 0 aromatic heterocycles. The van der Waals surface area contributed by atoms with Crippen molar-refractivity contribution in [3.8, 4) is 0 Å². The minimum atomic E-state index is -3.63. The molecule has 1 aliphatic carbocycles. The Morgan fingerprint density at radius 3 is 2.44 bits per heavy atom. The van der Waals surface area contributed by atoms with Crippen LogP contribution in [0.5, 0.6) is 0 Å². The maximum absolute atomic E-state index is 12.7. The van der Waals surface area contributed by atoms with Crippen LogP contribution < -0.4 is 5.32 Å². The van der Waals surface area contributed by atoms with Gasteiger partial charge < -0.3 is 10.2 Å². The number of amides is 1. The highest BCUT2D eigenvalue weighted by molar-refractivity contribution is 7.89. The Bertz CT molecular complexity index is 745. The normalized spacial score (nSPS) is 15.6. The summed E-state index contributed by atoms with van der Waals surface area (Å²) in [4.78, 5) is 14.9. The predicted octanol–water partition coefficient (Wildman–Crippen LogP) is 2.97. The van der Waals surface area contributed by atoms with Crippen LogP contribution in [0.1, 0.15) is 49.9 Å². The van der Waals surface area contributed by atoms with Crippen molar-refractivity contribution in [3.63, 3.8) is 0 Å². The molecule has 1 saturated carbocycles. The molecule has 2 rings (SSSR count). The number of nitrogens with one attached hydrogen (secondary N) is 1. The van der Waals surface area contributed by atoms with Gasteiger partial charge in [0.15, 0.2) is 0 Å². The van der Waals surface area contributed by atoms with E-state index in [9.17, 15) is 13.2 Å². The molecular weight excluding hydrogens is 386 g/mol. The monoisotopic (exact) mass is 415 g/mol. The Kier molecular flexibility index (Phi) is 8.09. The highest BCUT2D eigenvalue weighted by Gasteiger charge is 2.24. The van der Waals surface area contributed by atoms with Gasteiger partial charge in [0.2, 0.25) is 10.0 Å². The maximum Gasteiger partial charge on any atom is 0.252 e. The molecule has 0 saturated heterocycles. The van der Waals surface area contributed by atoms with E-state index in [4.69, 9.17) is 11.6 Å². The average molecular weight is 416 g/mol. The molecule has 1 aromatic carbocycles. The van der Waals surface area contributed by atoms with E-state index in [1.54, 1.807) is 13.8 Å². The average Bonchev–Trinajstić information content (AvgIpc) is 3.17. The lowest BCUT2D eigenvalue weighted by Gasteiger charge is -2.24. The van der Waals surface area contributed by atoms with Crippen LogP contribution >= 0.6 is 11.6 Å². The van der Waals surface area contributed by atoms with Gasteiger partial charge in [-0.3, -0.25) is 4.79 Å². The summed E-state index contributed by atoms with van der Waals surface area (Å²) in [6, 6.07) is 4.87. The number of hydrogen-bond acceptors (Lipinski definition) is 4. The van der Waals surface area contributed by atoms with Gasteiger partial charge in [-0.05, 0) is 38.1 Å². The van der Waals surface area contributed by atoms with Crippen LogP contribution in [0.25, 0.3) is 0 Å². The Hall–Kier alpha value is -1.15. The van der Waals surface area contributed by atoms with Crippen LogP contribution in [0.2, 0.25) is 5.02 Å². The zero-order valence-corrected chi connectivity index (χ0v) is 17.9. The molecule has 1 fully saturated rings. The van der Waals surface area contributed by atoms with Crippen LogP contribution in [-0.4, -0.2) is 62.8 Å². The van der Waals surface area contributed by atoms with E-state index in [-0.39, 0.29) is 21.4 Å². The molecule has 0 aliphatic heterocycles. The van der Waals surface area contributed by atoms with Gasteiger partial charge >= 0.3 is 0 Å². The lowest BCUT2D eigenvalue weighted by molar-refractivity contribution is 0.0947. The largest absolute Gasteiger partial charge is 0.351 e. The molecule has 1 aromatic rings. The summed E-state index contributed by atoms with van der Waals surface area (Å²) in [7, 11) is -1.56. The van der Waals surface area contributed by atoms with Crippen molar-refractivity contribution in [2.24, 2.45) is 0 Å². The van der Waals surface area contributed by atoms with E-state index >= 15 is 0 Å². The maximum atomic E-state index is 12.7. The number of carbonyl (C=O) groups is 1. The van der Waals surface area contributed by atoms with E-state index in [1.165, 1.54) is 48.2 Å². The first-order valence-corrected chi connectivity index (χ1v) is 11.4. The third-order valence-corrected chi connectivity index (χ3v) is 7.60. The molecule has 0 atom stereocenters. The quantitative estimate of drug-likeness (QED) is 0.673. The predicted molar refractivity (Wildman–Crippen MR) is 109 cm³/mol. The highest BCUT2D eigenvalue weighted by Crippen LogP contribution is 2.23. The summed E-state index contributed by atoms with van der Waals surface area (Å²) in [5, 5.41) is 3.10. The summed E-state index contributed by atoms with van der Waals surface area (Å²) in [6.07, 6.45) is 4.96. The van der Waals surface area contributed by atoms with Crippen LogP contribution in [0.3, 0.4) is 0 Å². The van der Waals surface area contributed by atoms with Gasteiger partial charge in [0.05, 0.1) is 15.5 Å². The molecule has 1 aliphatic rings. The zero-order chi connectivity index (χ0) is 20.0. The van der Waals surface area contributed by atoms with Crippen LogP contribution in [0.15, 0.2) is 23.1 Å². The summed E-state index contributed by atoms with van der Waals surface area (Å²) in [5.74, 6) is -0.351. The number of nitrogens with zero attached hydrogens (tertiary/aromatic N) is 2. The number of benzene rings is 1. The molecule has 8 heteroatoms. The summed E-state index contributed by atoms with van der Waals surface area (Å²) in [5.41, 5.74) is 0.188. The molecule has 0 heterocycles. The fourth-order valence-electron chi connectivity index (χ4n) is 3.52. The van der Waals surface area contributed by atoms with Crippen LogP contribution in [0, 0.1) is 0 Å². The van der Waals surface area contributed by atoms with Crippen molar-refractivity contribution in [2.75, 3.05) is 33.2 Å². The standard InChI is InChI=1S/C19H30ClN3O3S/c1-4-23(5-2)27(25,26)16-10-11-18(20)17(14-16)19(24)21-12-13-22(3)15-8-6-7-9-15/h10-11,14-15H,4-9,12-13H2,1-3H3,(H,21,24). The molecule has 0 bridgehead atoms. The molecule has 1 N–H and O–H groups in total. The first-order chi connectivity index (χ1) is 12.8. The van der Waals surface area contributed by atoms with Gasteiger partial charge in [0.25, 0.3) is 5.91 Å². The Morgan fingerprint density at radius 1 is 1.22 bits per heavy atom. The molecule has 0 unspecified atom stereocenters. The van der Waals surface area contributed by atoms with Gasteiger partial charge in [-0.1, -0.05) is 38.3 Å². The number of carbonyl (C=O) groups excluding carboxylic acids is 1. The van der Waals surface area contributed by atoms with Gasteiger partial charge in [-0.25, -0.2) is 8.42 Å². The van der Waals surface area contributed by atoms with Gasteiger partial charge in [0.1, 0.15) is 0 Å². The van der Waals surface area contributed by atoms with E-state index in [1.807, 2.05) is 0 Å². The Morgan fingerprint density at radius 2 is 1.85 bits per heavy atom. The number of halogens is 1.